The number of fused-ring (bicyclic) bond motifs is 2. The molecule has 4 aromatic rings. The number of nitrogens with zero attached hydrogens (tertiary/aromatic N) is 5. The summed E-state index contributed by atoms with van der Waals surface area (Å²) in [7, 11) is 0. The number of carbonyl (C=O) groups is 1. The number of ether oxygens (including phenoxy) is 1. The Labute approximate surface area is 178 Å². The van der Waals surface area contributed by atoms with Crippen molar-refractivity contribution in [3.8, 4) is 0 Å². The van der Waals surface area contributed by atoms with Crippen molar-refractivity contribution in [1.82, 2.24) is 24.9 Å². The number of nitrogen functional groups attached to an aromatic ring is 1. The summed E-state index contributed by atoms with van der Waals surface area (Å²) in [6, 6.07) is 11.1. The van der Waals surface area contributed by atoms with E-state index in [9.17, 15) is 4.79 Å². The summed E-state index contributed by atoms with van der Waals surface area (Å²) in [5.41, 5.74) is 9.70. The summed E-state index contributed by atoms with van der Waals surface area (Å²) < 4.78 is 7.05. The quantitative estimate of drug-likeness (QED) is 0.483. The Morgan fingerprint density at radius 1 is 1.23 bits per heavy atom. The van der Waals surface area contributed by atoms with Crippen molar-refractivity contribution in [2.24, 2.45) is 5.10 Å². The van der Waals surface area contributed by atoms with Crippen molar-refractivity contribution in [2.75, 3.05) is 18.9 Å². The van der Waals surface area contributed by atoms with Gasteiger partial charge in [0.25, 0.3) is 5.91 Å². The number of benzene rings is 1. The average Bonchev–Trinajstić information content (AvgIpc) is 3.41. The number of nitrogens with one attached hydrogen (secondary N) is 1. The summed E-state index contributed by atoms with van der Waals surface area (Å²) in [6.07, 6.45) is 6.95. The predicted octanol–water partition coefficient (Wildman–Crippen LogP) is 2.35. The molecule has 1 aliphatic rings. The first-order valence-electron chi connectivity index (χ1n) is 10.1. The molecule has 0 unspecified atom stereocenters. The van der Waals surface area contributed by atoms with Crippen LogP contribution in [0.4, 0.5) is 5.82 Å². The molecule has 1 aliphatic heterocycles. The maximum Gasteiger partial charge on any atom is 0.257 e. The number of para-hydroxylation sites is 2. The molecule has 1 amide bonds. The monoisotopic (exact) mass is 415 g/mol. The Morgan fingerprint density at radius 3 is 2.74 bits per heavy atom. The van der Waals surface area contributed by atoms with E-state index in [2.05, 4.69) is 25.4 Å². The van der Waals surface area contributed by atoms with Gasteiger partial charge in [0, 0.05) is 25.5 Å². The molecular formula is C22H21N7O2. The number of hydrogen-bond acceptors (Lipinski definition) is 7. The van der Waals surface area contributed by atoms with Crippen LogP contribution in [0.3, 0.4) is 0 Å². The Kier molecular flexibility index (Phi) is 5.01. The molecule has 3 N–H and O–H groups in total. The topological polar surface area (TPSA) is 120 Å². The van der Waals surface area contributed by atoms with Crippen LogP contribution >= 0.6 is 0 Å². The number of nitrogens with two attached hydrogens (primary N) is 1. The van der Waals surface area contributed by atoms with E-state index in [4.69, 9.17) is 10.5 Å². The molecule has 1 saturated heterocycles. The van der Waals surface area contributed by atoms with E-state index < -0.39 is 0 Å². The maximum atomic E-state index is 13.1. The second-order valence-corrected chi connectivity index (χ2v) is 7.33. The van der Waals surface area contributed by atoms with Gasteiger partial charge in [0.1, 0.15) is 16.9 Å². The van der Waals surface area contributed by atoms with Gasteiger partial charge in [-0.2, -0.15) is 9.78 Å². The van der Waals surface area contributed by atoms with Crippen LogP contribution in [0, 0.1) is 0 Å². The van der Waals surface area contributed by atoms with E-state index in [0.717, 1.165) is 25.0 Å². The normalized spacial score (nSPS) is 16.5. The zero-order chi connectivity index (χ0) is 21.2. The Balaban J connectivity index is 1.59. The van der Waals surface area contributed by atoms with Gasteiger partial charge in [0.2, 0.25) is 0 Å². The van der Waals surface area contributed by atoms with Crippen LogP contribution in [0.25, 0.3) is 22.2 Å². The molecule has 0 spiro atoms. The molecule has 0 radical (unpaired) electrons. The summed E-state index contributed by atoms with van der Waals surface area (Å²) in [5.74, 6) is -0.138. The minimum absolute atomic E-state index is 0.0233. The van der Waals surface area contributed by atoms with E-state index >= 15 is 0 Å². The predicted molar refractivity (Wildman–Crippen MR) is 118 cm³/mol. The molecule has 0 saturated carbocycles. The molecule has 5 rings (SSSR count). The van der Waals surface area contributed by atoms with Crippen LogP contribution in [-0.2, 0) is 4.74 Å². The fraction of sp³-hybridized carbons (Fsp3) is 0.227. The Morgan fingerprint density at radius 2 is 2.00 bits per heavy atom. The first kappa shape index (κ1) is 19.1. The molecular weight excluding hydrogens is 394 g/mol. The van der Waals surface area contributed by atoms with Crippen molar-refractivity contribution >= 4 is 40.1 Å². The summed E-state index contributed by atoms with van der Waals surface area (Å²) >= 11 is 0. The smallest absolute Gasteiger partial charge is 0.257 e. The number of hydrogen-bond donors (Lipinski definition) is 2. The first-order valence-corrected chi connectivity index (χ1v) is 10.1. The molecule has 1 aromatic carbocycles. The van der Waals surface area contributed by atoms with Gasteiger partial charge in [-0.05, 0) is 42.7 Å². The lowest BCUT2D eigenvalue weighted by molar-refractivity contribution is 0.0859. The van der Waals surface area contributed by atoms with E-state index in [1.54, 1.807) is 18.6 Å². The lowest BCUT2D eigenvalue weighted by Gasteiger charge is -2.10. The van der Waals surface area contributed by atoms with Gasteiger partial charge in [0.15, 0.2) is 5.65 Å². The average molecular weight is 415 g/mol. The largest absolute Gasteiger partial charge is 0.383 e. The van der Waals surface area contributed by atoms with Crippen LogP contribution in [0.15, 0.2) is 53.9 Å². The molecule has 31 heavy (non-hydrogen) atoms. The van der Waals surface area contributed by atoms with Crippen molar-refractivity contribution in [3.63, 3.8) is 0 Å². The molecule has 1 atom stereocenters. The van der Waals surface area contributed by atoms with Crippen molar-refractivity contribution < 1.29 is 9.53 Å². The lowest BCUT2D eigenvalue weighted by atomic mass is 10.2. The van der Waals surface area contributed by atoms with Gasteiger partial charge in [-0.25, -0.2) is 9.97 Å². The summed E-state index contributed by atoms with van der Waals surface area (Å²) in [4.78, 5) is 26.4. The second kappa shape index (κ2) is 8.11. The summed E-state index contributed by atoms with van der Waals surface area (Å²) in [6.45, 7) is 1.15. The van der Waals surface area contributed by atoms with Gasteiger partial charge in [-0.3, -0.25) is 9.78 Å². The Bertz CT molecular complexity index is 1280. The fourth-order valence-corrected chi connectivity index (χ4v) is 3.66. The molecule has 3 aromatic heterocycles. The van der Waals surface area contributed by atoms with Crippen LogP contribution < -0.4 is 11.1 Å². The standard InChI is InChI=1S/C22H21N7O2/c23-20-18(22(30)25-13-15-4-3-11-31-15)19-21(28-17-6-2-1-5-16(17)27-19)29(20)26-12-14-7-9-24-10-8-14/h1-2,5-10,12,15H,3-4,11,13,23H2,(H,25,30)/b26-12-/t15-/m1/s1. The number of carbonyl (C=O) groups excluding carboxylic acids is 1. The SMILES string of the molecule is Nc1c(C(=O)NC[C@H]2CCCO2)c2nc3ccccc3nc2n1/N=C\c1ccncc1. The van der Waals surface area contributed by atoms with Gasteiger partial charge >= 0.3 is 0 Å². The third-order valence-corrected chi connectivity index (χ3v) is 5.24. The van der Waals surface area contributed by atoms with Gasteiger partial charge in [0.05, 0.1) is 23.4 Å². The molecule has 0 bridgehead atoms. The Hall–Kier alpha value is -3.85. The van der Waals surface area contributed by atoms with E-state index in [0.29, 0.717) is 28.7 Å². The van der Waals surface area contributed by atoms with Gasteiger partial charge < -0.3 is 15.8 Å². The van der Waals surface area contributed by atoms with Crippen LogP contribution in [0.1, 0.15) is 28.8 Å². The number of rotatable bonds is 5. The van der Waals surface area contributed by atoms with Crippen LogP contribution in [-0.4, -0.2) is 51.0 Å². The minimum atomic E-state index is -0.319. The number of amides is 1. The van der Waals surface area contributed by atoms with Gasteiger partial charge in [-0.15, -0.1) is 0 Å². The highest BCUT2D eigenvalue weighted by Gasteiger charge is 2.25. The van der Waals surface area contributed by atoms with Crippen molar-refractivity contribution in [3.05, 3.63) is 59.9 Å². The fourth-order valence-electron chi connectivity index (χ4n) is 3.66. The van der Waals surface area contributed by atoms with Gasteiger partial charge in [-0.1, -0.05) is 12.1 Å². The van der Waals surface area contributed by atoms with E-state index in [1.807, 2.05) is 36.4 Å². The van der Waals surface area contributed by atoms with Crippen molar-refractivity contribution in [2.45, 2.75) is 18.9 Å². The summed E-state index contributed by atoms with van der Waals surface area (Å²) in [5, 5.41) is 7.41. The zero-order valence-corrected chi connectivity index (χ0v) is 16.7. The number of aromatic nitrogens is 4. The third kappa shape index (κ3) is 3.71. The molecule has 1 fully saturated rings. The van der Waals surface area contributed by atoms with Crippen molar-refractivity contribution in [1.29, 1.82) is 0 Å². The van der Waals surface area contributed by atoms with E-state index in [-0.39, 0.29) is 23.4 Å². The molecule has 0 aliphatic carbocycles. The minimum Gasteiger partial charge on any atom is -0.383 e. The number of pyridine rings is 1. The molecule has 4 heterocycles. The highest BCUT2D eigenvalue weighted by atomic mass is 16.5. The first-order chi connectivity index (χ1) is 15.2. The molecule has 9 nitrogen and oxygen atoms in total. The lowest BCUT2D eigenvalue weighted by Crippen LogP contribution is -2.32. The molecule has 156 valence electrons. The van der Waals surface area contributed by atoms with E-state index in [1.165, 1.54) is 4.68 Å². The maximum absolute atomic E-state index is 13.1. The zero-order valence-electron chi connectivity index (χ0n) is 16.7. The molecule has 9 heteroatoms. The second-order valence-electron chi connectivity index (χ2n) is 7.33. The highest BCUT2D eigenvalue weighted by Crippen LogP contribution is 2.28. The van der Waals surface area contributed by atoms with Crippen LogP contribution in [0.5, 0.6) is 0 Å². The third-order valence-electron chi connectivity index (χ3n) is 5.24. The van der Waals surface area contributed by atoms with Crippen LogP contribution in [0.2, 0.25) is 0 Å². The highest BCUT2D eigenvalue weighted by molar-refractivity contribution is 6.10. The number of anilines is 1.